The lowest BCUT2D eigenvalue weighted by atomic mass is 10.0. The van der Waals surface area contributed by atoms with Gasteiger partial charge < -0.3 is 10.6 Å². The van der Waals surface area contributed by atoms with Gasteiger partial charge in [-0.3, -0.25) is 9.78 Å². The highest BCUT2D eigenvalue weighted by Gasteiger charge is 2.09. The average molecular weight is 333 g/mol. The summed E-state index contributed by atoms with van der Waals surface area (Å²) in [5.41, 5.74) is 3.93. The predicted octanol–water partition coefficient (Wildman–Crippen LogP) is 4.80. The number of nitrogens with zero attached hydrogens (tertiary/aromatic N) is 1. The van der Waals surface area contributed by atoms with Gasteiger partial charge in [-0.15, -0.1) is 0 Å². The Balaban J connectivity index is 1.60. The number of rotatable bonds is 6. The van der Waals surface area contributed by atoms with Crippen LogP contribution in [0.4, 0.5) is 11.4 Å². The van der Waals surface area contributed by atoms with Crippen LogP contribution < -0.4 is 10.6 Å². The number of hydrogen-bond acceptors (Lipinski definition) is 3. The first-order chi connectivity index (χ1) is 12.1. The summed E-state index contributed by atoms with van der Waals surface area (Å²) in [6.07, 6.45) is 2.18. The van der Waals surface area contributed by atoms with Crippen molar-refractivity contribution in [2.75, 3.05) is 17.2 Å². The van der Waals surface area contributed by atoms with Crippen LogP contribution in [0.2, 0.25) is 0 Å². The number of fused-ring (bicyclic) bond motifs is 1. The van der Waals surface area contributed by atoms with Gasteiger partial charge in [-0.1, -0.05) is 50.2 Å². The molecule has 0 unspecified atom stereocenters. The maximum Gasteiger partial charge on any atom is 0.226 e. The lowest BCUT2D eigenvalue weighted by Gasteiger charge is -2.14. The standard InChI is InChI=1S/C21H23N3O/c1-15(2)17-9-3-4-10-18(17)24-20(25)12-14-22-19-11-5-7-16-8-6-13-23-21(16)19/h3-11,13,15,22H,12,14H2,1-2H3,(H,24,25). The van der Waals surface area contributed by atoms with E-state index in [0.29, 0.717) is 18.9 Å². The van der Waals surface area contributed by atoms with E-state index in [1.165, 1.54) is 0 Å². The van der Waals surface area contributed by atoms with Crippen molar-refractivity contribution < 1.29 is 4.79 Å². The Bertz CT molecular complexity index is 868. The van der Waals surface area contributed by atoms with Gasteiger partial charge in [0.1, 0.15) is 0 Å². The summed E-state index contributed by atoms with van der Waals surface area (Å²) < 4.78 is 0. The number of hydrogen-bond donors (Lipinski definition) is 2. The van der Waals surface area contributed by atoms with Gasteiger partial charge in [0.15, 0.2) is 0 Å². The smallest absolute Gasteiger partial charge is 0.226 e. The molecule has 1 heterocycles. The first kappa shape index (κ1) is 17.0. The van der Waals surface area contributed by atoms with E-state index in [1.54, 1.807) is 6.20 Å². The van der Waals surface area contributed by atoms with Gasteiger partial charge in [0.2, 0.25) is 5.91 Å². The topological polar surface area (TPSA) is 54.0 Å². The average Bonchev–Trinajstić information content (AvgIpc) is 2.62. The largest absolute Gasteiger partial charge is 0.383 e. The molecule has 2 aromatic carbocycles. The fraction of sp³-hybridized carbons (Fsp3) is 0.238. The Labute approximate surface area is 148 Å². The zero-order chi connectivity index (χ0) is 17.6. The number of carbonyl (C=O) groups excluding carboxylic acids is 1. The minimum atomic E-state index is 0.00814. The molecule has 0 radical (unpaired) electrons. The Kier molecular flexibility index (Phi) is 5.29. The molecule has 0 aliphatic rings. The number of aromatic nitrogens is 1. The number of pyridine rings is 1. The third kappa shape index (κ3) is 4.15. The highest BCUT2D eigenvalue weighted by molar-refractivity contribution is 5.93. The fourth-order valence-electron chi connectivity index (χ4n) is 2.88. The van der Waals surface area contributed by atoms with Crippen molar-refractivity contribution in [1.29, 1.82) is 0 Å². The second-order valence-electron chi connectivity index (χ2n) is 6.35. The molecule has 0 atom stereocenters. The third-order valence-corrected chi connectivity index (χ3v) is 4.16. The molecular formula is C21H23N3O. The van der Waals surface area contributed by atoms with Crippen molar-refractivity contribution in [3.63, 3.8) is 0 Å². The number of carbonyl (C=O) groups is 1. The van der Waals surface area contributed by atoms with Crippen molar-refractivity contribution >= 4 is 28.2 Å². The summed E-state index contributed by atoms with van der Waals surface area (Å²) >= 11 is 0. The molecule has 0 fully saturated rings. The molecule has 2 N–H and O–H groups in total. The summed E-state index contributed by atoms with van der Waals surface area (Å²) in [6, 6.07) is 17.9. The lowest BCUT2D eigenvalue weighted by Crippen LogP contribution is -2.17. The van der Waals surface area contributed by atoms with Gasteiger partial charge in [-0.2, -0.15) is 0 Å². The van der Waals surface area contributed by atoms with Crippen LogP contribution in [0.1, 0.15) is 31.7 Å². The Morgan fingerprint density at radius 3 is 2.60 bits per heavy atom. The first-order valence-corrected chi connectivity index (χ1v) is 8.61. The monoisotopic (exact) mass is 333 g/mol. The van der Waals surface area contributed by atoms with Crippen molar-refractivity contribution in [3.8, 4) is 0 Å². The van der Waals surface area contributed by atoms with Crippen molar-refractivity contribution in [2.24, 2.45) is 0 Å². The van der Waals surface area contributed by atoms with Crippen LogP contribution >= 0.6 is 0 Å². The van der Waals surface area contributed by atoms with E-state index < -0.39 is 0 Å². The third-order valence-electron chi connectivity index (χ3n) is 4.16. The Hall–Kier alpha value is -2.88. The van der Waals surface area contributed by atoms with Crippen LogP contribution in [-0.2, 0) is 4.79 Å². The summed E-state index contributed by atoms with van der Waals surface area (Å²) in [6.45, 7) is 4.81. The van der Waals surface area contributed by atoms with Crippen LogP contribution in [0.25, 0.3) is 10.9 Å². The quantitative estimate of drug-likeness (QED) is 0.681. The highest BCUT2D eigenvalue weighted by atomic mass is 16.1. The van der Waals surface area contributed by atoms with Crippen LogP contribution in [0.15, 0.2) is 60.8 Å². The number of anilines is 2. The summed E-state index contributed by atoms with van der Waals surface area (Å²) in [5, 5.41) is 7.43. The molecule has 0 aliphatic carbocycles. The van der Waals surface area contributed by atoms with E-state index in [9.17, 15) is 4.79 Å². The van der Waals surface area contributed by atoms with Gasteiger partial charge in [0.05, 0.1) is 11.2 Å². The van der Waals surface area contributed by atoms with Crippen LogP contribution in [0, 0.1) is 0 Å². The Morgan fingerprint density at radius 1 is 1.00 bits per heavy atom. The maximum atomic E-state index is 12.3. The van der Waals surface area contributed by atoms with Crippen molar-refractivity contribution in [2.45, 2.75) is 26.2 Å². The van der Waals surface area contributed by atoms with Gasteiger partial charge in [0.25, 0.3) is 0 Å². The molecule has 4 nitrogen and oxygen atoms in total. The second-order valence-corrected chi connectivity index (χ2v) is 6.35. The highest BCUT2D eigenvalue weighted by Crippen LogP contribution is 2.24. The number of benzene rings is 2. The zero-order valence-corrected chi connectivity index (χ0v) is 14.6. The van der Waals surface area contributed by atoms with Gasteiger partial charge in [-0.25, -0.2) is 0 Å². The summed E-state index contributed by atoms with van der Waals surface area (Å²) in [7, 11) is 0. The molecule has 1 aromatic heterocycles. The van der Waals surface area contributed by atoms with Crippen LogP contribution in [0.3, 0.4) is 0 Å². The van der Waals surface area contributed by atoms with Gasteiger partial charge in [-0.05, 0) is 29.7 Å². The van der Waals surface area contributed by atoms with E-state index in [1.807, 2.05) is 48.5 Å². The number of nitrogens with one attached hydrogen (secondary N) is 2. The normalized spacial score (nSPS) is 10.8. The predicted molar refractivity (Wildman–Crippen MR) is 104 cm³/mol. The lowest BCUT2D eigenvalue weighted by molar-refractivity contribution is -0.115. The molecule has 0 saturated carbocycles. The fourth-order valence-corrected chi connectivity index (χ4v) is 2.88. The molecule has 0 spiro atoms. The summed E-state index contributed by atoms with van der Waals surface area (Å²) in [5.74, 6) is 0.380. The molecule has 3 rings (SSSR count). The van der Waals surface area contributed by atoms with E-state index in [0.717, 1.165) is 27.8 Å². The van der Waals surface area contributed by atoms with E-state index in [-0.39, 0.29) is 5.91 Å². The molecule has 25 heavy (non-hydrogen) atoms. The summed E-state index contributed by atoms with van der Waals surface area (Å²) in [4.78, 5) is 16.7. The van der Waals surface area contributed by atoms with E-state index >= 15 is 0 Å². The Morgan fingerprint density at radius 2 is 1.76 bits per heavy atom. The molecule has 4 heteroatoms. The molecule has 3 aromatic rings. The number of amides is 1. The minimum absolute atomic E-state index is 0.00814. The second kappa shape index (κ2) is 7.79. The van der Waals surface area contributed by atoms with Crippen LogP contribution in [0.5, 0.6) is 0 Å². The van der Waals surface area contributed by atoms with Crippen molar-refractivity contribution in [3.05, 3.63) is 66.4 Å². The number of para-hydroxylation sites is 2. The molecule has 128 valence electrons. The molecular weight excluding hydrogens is 310 g/mol. The molecule has 1 amide bonds. The van der Waals surface area contributed by atoms with Crippen molar-refractivity contribution in [1.82, 2.24) is 4.98 Å². The molecule has 0 saturated heterocycles. The van der Waals surface area contributed by atoms with Gasteiger partial charge >= 0.3 is 0 Å². The molecule has 0 bridgehead atoms. The minimum Gasteiger partial charge on any atom is -0.383 e. The van der Waals surface area contributed by atoms with Crippen LogP contribution in [-0.4, -0.2) is 17.4 Å². The first-order valence-electron chi connectivity index (χ1n) is 8.61. The van der Waals surface area contributed by atoms with E-state index in [2.05, 4.69) is 35.5 Å². The van der Waals surface area contributed by atoms with Gasteiger partial charge in [0, 0.05) is 30.2 Å². The van der Waals surface area contributed by atoms with E-state index in [4.69, 9.17) is 0 Å². The zero-order valence-electron chi connectivity index (χ0n) is 14.6. The SMILES string of the molecule is CC(C)c1ccccc1NC(=O)CCNc1cccc2cccnc12. The maximum absolute atomic E-state index is 12.3. The molecule has 0 aliphatic heterocycles.